The molecule has 0 amide bonds. The maximum absolute atomic E-state index is 12.2. The van der Waals surface area contributed by atoms with Crippen molar-refractivity contribution in [1.82, 2.24) is 4.90 Å². The summed E-state index contributed by atoms with van der Waals surface area (Å²) in [6, 6.07) is 2.52. The number of halogens is 1. The van der Waals surface area contributed by atoms with E-state index < -0.39 is 22.1 Å². The molecule has 1 aromatic rings. The van der Waals surface area contributed by atoms with Crippen LogP contribution in [0, 0.1) is 10.1 Å². The van der Waals surface area contributed by atoms with E-state index in [1.807, 2.05) is 0 Å². The fourth-order valence-corrected chi connectivity index (χ4v) is 2.78. The summed E-state index contributed by atoms with van der Waals surface area (Å²) < 4.78 is 0. The lowest BCUT2D eigenvalue weighted by Crippen LogP contribution is -2.38. The maximum Gasteiger partial charge on any atom is 0.315 e. The summed E-state index contributed by atoms with van der Waals surface area (Å²) in [7, 11) is 0. The van der Waals surface area contributed by atoms with Crippen LogP contribution in [0.15, 0.2) is 12.1 Å². The van der Waals surface area contributed by atoms with Gasteiger partial charge in [-0.1, -0.05) is 6.42 Å². The standard InChI is InChI=1S/C15H20N2O5.ClH/c1-10-4-2-3-6-16(10)7-5-13(18)11-8-12(17(21)22)15(20)14(19)9-11;/h8-10,19-20H,2-7H2,1H3;1H. The maximum atomic E-state index is 12.2. The van der Waals surface area contributed by atoms with Crippen LogP contribution in [0.25, 0.3) is 0 Å². The number of phenols is 2. The van der Waals surface area contributed by atoms with E-state index in [2.05, 4.69) is 11.8 Å². The van der Waals surface area contributed by atoms with Crippen LogP contribution in [0.3, 0.4) is 0 Å². The third kappa shape index (κ3) is 4.56. The number of hydrogen-bond acceptors (Lipinski definition) is 6. The minimum Gasteiger partial charge on any atom is -0.504 e. The minimum absolute atomic E-state index is 0. The van der Waals surface area contributed by atoms with E-state index in [1.165, 1.54) is 6.42 Å². The Morgan fingerprint density at radius 2 is 2.09 bits per heavy atom. The first-order valence-electron chi connectivity index (χ1n) is 7.37. The number of hydrogen-bond donors (Lipinski definition) is 2. The molecule has 2 rings (SSSR count). The molecule has 7 nitrogen and oxygen atoms in total. The van der Waals surface area contributed by atoms with Gasteiger partial charge in [0.25, 0.3) is 0 Å². The zero-order chi connectivity index (χ0) is 16.3. The molecule has 0 spiro atoms. The van der Waals surface area contributed by atoms with Crippen LogP contribution < -0.4 is 0 Å². The van der Waals surface area contributed by atoms with Crippen LogP contribution in [0.2, 0.25) is 0 Å². The van der Waals surface area contributed by atoms with Gasteiger partial charge in [-0.15, -0.1) is 12.4 Å². The lowest BCUT2D eigenvalue weighted by atomic mass is 10.0. The molecule has 1 aromatic carbocycles. The van der Waals surface area contributed by atoms with Crippen LogP contribution in [-0.2, 0) is 0 Å². The topological polar surface area (TPSA) is 104 Å². The summed E-state index contributed by atoms with van der Waals surface area (Å²) in [4.78, 5) is 24.4. The largest absolute Gasteiger partial charge is 0.504 e. The highest BCUT2D eigenvalue weighted by molar-refractivity contribution is 5.97. The molecule has 23 heavy (non-hydrogen) atoms. The molecule has 128 valence electrons. The minimum atomic E-state index is -0.821. The number of nitro groups is 1. The van der Waals surface area contributed by atoms with E-state index in [1.54, 1.807) is 0 Å². The summed E-state index contributed by atoms with van der Waals surface area (Å²) >= 11 is 0. The van der Waals surface area contributed by atoms with Crippen molar-refractivity contribution in [3.05, 3.63) is 27.8 Å². The number of carbonyl (C=O) groups is 1. The van der Waals surface area contributed by atoms with Crippen molar-refractivity contribution in [3.8, 4) is 11.5 Å². The molecule has 0 aliphatic carbocycles. The monoisotopic (exact) mass is 344 g/mol. The Balaban J connectivity index is 0.00000264. The van der Waals surface area contributed by atoms with E-state index >= 15 is 0 Å². The summed E-state index contributed by atoms with van der Waals surface area (Å²) in [5.41, 5.74) is -0.610. The average Bonchev–Trinajstić information content (AvgIpc) is 2.48. The number of nitro benzene ring substituents is 1. The smallest absolute Gasteiger partial charge is 0.315 e. The van der Waals surface area contributed by atoms with Crippen LogP contribution in [-0.4, -0.2) is 45.0 Å². The van der Waals surface area contributed by atoms with Gasteiger partial charge in [0.2, 0.25) is 5.75 Å². The Hall–Kier alpha value is -1.86. The van der Waals surface area contributed by atoms with Crippen molar-refractivity contribution in [1.29, 1.82) is 0 Å². The average molecular weight is 345 g/mol. The molecule has 8 heteroatoms. The summed E-state index contributed by atoms with van der Waals surface area (Å²) in [5, 5.41) is 29.8. The summed E-state index contributed by atoms with van der Waals surface area (Å²) in [6.45, 7) is 3.67. The van der Waals surface area contributed by atoms with Crippen LogP contribution in [0.4, 0.5) is 5.69 Å². The van der Waals surface area contributed by atoms with Crippen LogP contribution in [0.5, 0.6) is 11.5 Å². The van der Waals surface area contributed by atoms with E-state index in [4.69, 9.17) is 0 Å². The Kier molecular flexibility index (Phi) is 6.78. The van der Waals surface area contributed by atoms with Crippen molar-refractivity contribution in [3.63, 3.8) is 0 Å². The number of phenolic OH excluding ortho intramolecular Hbond substituents is 2. The molecule has 0 radical (unpaired) electrons. The fourth-order valence-electron chi connectivity index (χ4n) is 2.78. The van der Waals surface area contributed by atoms with E-state index in [9.17, 15) is 25.1 Å². The third-order valence-electron chi connectivity index (χ3n) is 4.16. The molecule has 0 saturated carbocycles. The van der Waals surface area contributed by atoms with Gasteiger partial charge < -0.3 is 15.1 Å². The second-order valence-electron chi connectivity index (χ2n) is 5.67. The van der Waals surface area contributed by atoms with Crippen LogP contribution >= 0.6 is 12.4 Å². The highest BCUT2D eigenvalue weighted by atomic mass is 35.5. The predicted molar refractivity (Wildman–Crippen MR) is 87.5 cm³/mol. The van der Waals surface area contributed by atoms with E-state index in [0.29, 0.717) is 12.6 Å². The molecule has 1 aliphatic rings. The molecular formula is C15H21ClN2O5. The molecule has 0 aromatic heterocycles. The van der Waals surface area contributed by atoms with Gasteiger partial charge in [0, 0.05) is 30.6 Å². The van der Waals surface area contributed by atoms with Crippen molar-refractivity contribution in [2.75, 3.05) is 13.1 Å². The van der Waals surface area contributed by atoms with Gasteiger partial charge in [-0.25, -0.2) is 0 Å². The number of aromatic hydroxyl groups is 2. The van der Waals surface area contributed by atoms with Crippen molar-refractivity contribution >= 4 is 23.9 Å². The van der Waals surface area contributed by atoms with Gasteiger partial charge in [-0.2, -0.15) is 0 Å². The Bertz CT molecular complexity index is 593. The number of benzene rings is 1. The molecular weight excluding hydrogens is 324 g/mol. The molecule has 1 unspecified atom stereocenters. The number of rotatable bonds is 5. The molecule has 1 atom stereocenters. The number of Topliss-reactive ketones (excluding diaryl/α,β-unsaturated/α-hetero) is 1. The Morgan fingerprint density at radius 1 is 1.39 bits per heavy atom. The first kappa shape index (κ1) is 19.2. The second kappa shape index (κ2) is 8.12. The molecule has 1 saturated heterocycles. The number of nitrogens with zero attached hydrogens (tertiary/aromatic N) is 2. The fraction of sp³-hybridized carbons (Fsp3) is 0.533. The lowest BCUT2D eigenvalue weighted by molar-refractivity contribution is -0.386. The second-order valence-corrected chi connectivity index (χ2v) is 5.67. The molecule has 1 heterocycles. The third-order valence-corrected chi connectivity index (χ3v) is 4.16. The molecule has 1 fully saturated rings. The van der Waals surface area contributed by atoms with Crippen molar-refractivity contribution < 1.29 is 19.9 Å². The molecule has 0 bridgehead atoms. The normalized spacial score (nSPS) is 18.2. The number of likely N-dealkylation sites (tertiary alicyclic amines) is 1. The first-order chi connectivity index (χ1) is 10.4. The van der Waals surface area contributed by atoms with Gasteiger partial charge >= 0.3 is 5.69 Å². The Morgan fingerprint density at radius 3 is 2.70 bits per heavy atom. The molecule has 2 N–H and O–H groups in total. The summed E-state index contributed by atoms with van der Waals surface area (Å²) in [5.74, 6) is -1.74. The zero-order valence-corrected chi connectivity index (χ0v) is 13.7. The van der Waals surface area contributed by atoms with Gasteiger partial charge in [0.15, 0.2) is 11.5 Å². The summed E-state index contributed by atoms with van der Waals surface area (Å²) in [6.07, 6.45) is 3.65. The molecule has 1 aliphatic heterocycles. The van der Waals surface area contributed by atoms with E-state index in [-0.39, 0.29) is 30.2 Å². The van der Waals surface area contributed by atoms with E-state index in [0.717, 1.165) is 31.5 Å². The quantitative estimate of drug-likeness (QED) is 0.368. The van der Waals surface area contributed by atoms with Crippen molar-refractivity contribution in [2.24, 2.45) is 0 Å². The number of carbonyl (C=O) groups excluding carboxylic acids is 1. The van der Waals surface area contributed by atoms with Gasteiger partial charge in [0.05, 0.1) is 4.92 Å². The highest BCUT2D eigenvalue weighted by Gasteiger charge is 2.23. The zero-order valence-electron chi connectivity index (χ0n) is 12.9. The van der Waals surface area contributed by atoms with Gasteiger partial charge in [0.1, 0.15) is 0 Å². The number of piperidine rings is 1. The first-order valence-corrected chi connectivity index (χ1v) is 7.37. The highest BCUT2D eigenvalue weighted by Crippen LogP contribution is 2.36. The lowest BCUT2D eigenvalue weighted by Gasteiger charge is -2.33. The Labute approximate surface area is 140 Å². The number of ketones is 1. The SMILES string of the molecule is CC1CCCCN1CCC(=O)c1cc(O)c(O)c([N+](=O)[O-])c1.Cl. The van der Waals surface area contributed by atoms with Gasteiger partial charge in [-0.3, -0.25) is 14.9 Å². The predicted octanol–water partition coefficient (Wildman–Crippen LogP) is 2.88. The van der Waals surface area contributed by atoms with Gasteiger partial charge in [-0.05, 0) is 32.4 Å². The van der Waals surface area contributed by atoms with Crippen LogP contribution in [0.1, 0.15) is 43.0 Å². The van der Waals surface area contributed by atoms with Crippen molar-refractivity contribution in [2.45, 2.75) is 38.6 Å².